The molecule has 0 aromatic carbocycles. The number of ether oxygens (including phenoxy) is 3. The lowest BCUT2D eigenvalue weighted by molar-refractivity contribution is -0.147. The van der Waals surface area contributed by atoms with Crippen LogP contribution in [0.2, 0.25) is 0 Å². The van der Waals surface area contributed by atoms with E-state index in [1.165, 1.54) is 0 Å². The van der Waals surface area contributed by atoms with E-state index in [1.54, 1.807) is 6.92 Å². The second-order valence-corrected chi connectivity index (χ2v) is 9.22. The second-order valence-electron chi connectivity index (χ2n) is 6.21. The van der Waals surface area contributed by atoms with E-state index >= 15 is 0 Å². The average molecular weight is 380 g/mol. The molecule has 1 aliphatic heterocycles. The summed E-state index contributed by atoms with van der Waals surface area (Å²) in [7, 11) is -4.55. The van der Waals surface area contributed by atoms with Crippen molar-refractivity contribution in [3.8, 4) is 0 Å². The molecule has 6 unspecified atom stereocenters. The van der Waals surface area contributed by atoms with Crippen molar-refractivity contribution in [3.05, 3.63) is 0 Å². The van der Waals surface area contributed by atoms with Crippen LogP contribution in [0.3, 0.4) is 0 Å². The number of hydrogen-bond acceptors (Lipinski definition) is 8. The molecule has 0 amide bonds. The Bertz CT molecular complexity index is 618. The summed E-state index contributed by atoms with van der Waals surface area (Å²) in [5.74, 6) is -0.378. The lowest BCUT2D eigenvalue weighted by Crippen LogP contribution is -2.35. The molecule has 1 heterocycles. The Morgan fingerprint density at radius 2 is 2.21 bits per heavy atom. The first kappa shape index (κ1) is 18.0. The van der Waals surface area contributed by atoms with Gasteiger partial charge >= 0.3 is 11.9 Å². The number of fused-ring (bicyclic) bond motifs is 1. The first-order valence-corrected chi connectivity index (χ1v) is 10.4. The molecule has 2 aliphatic carbocycles. The van der Waals surface area contributed by atoms with Gasteiger partial charge in [-0.1, -0.05) is 0 Å². The van der Waals surface area contributed by atoms with Crippen molar-refractivity contribution < 1.29 is 36.8 Å². The molecule has 3 aliphatic rings. The normalized spacial score (nSPS) is 35.1. The van der Waals surface area contributed by atoms with Gasteiger partial charge in [0.25, 0.3) is 10.1 Å². The van der Waals surface area contributed by atoms with Crippen LogP contribution in [0.25, 0.3) is 0 Å². The number of rotatable bonds is 8. The minimum Gasteiger partial charge on any atom is -0.464 e. The minimum absolute atomic E-state index is 0.0157. The third-order valence-electron chi connectivity index (χ3n) is 4.83. The Balaban J connectivity index is 1.48. The van der Waals surface area contributed by atoms with Gasteiger partial charge in [-0.2, -0.15) is 8.42 Å². The molecule has 8 nitrogen and oxygen atoms in total. The fraction of sp³-hybridized carbons (Fsp3) is 0.857. The van der Waals surface area contributed by atoms with Gasteiger partial charge in [-0.05, 0) is 25.7 Å². The highest BCUT2D eigenvalue weighted by Gasteiger charge is 2.62. The molecule has 136 valence electrons. The topological polar surface area (TPSA) is 116 Å². The number of carbonyl (C=O) groups excluding carboxylic acids is 2. The first-order valence-electron chi connectivity index (χ1n) is 7.89. The van der Waals surface area contributed by atoms with Crippen molar-refractivity contribution in [1.82, 2.24) is 0 Å². The lowest BCUT2D eigenvalue weighted by Gasteiger charge is -2.25. The van der Waals surface area contributed by atoms with Gasteiger partial charge in [-0.25, -0.2) is 4.79 Å². The van der Waals surface area contributed by atoms with Gasteiger partial charge < -0.3 is 14.2 Å². The van der Waals surface area contributed by atoms with Gasteiger partial charge in [0, 0.05) is 11.7 Å². The van der Waals surface area contributed by atoms with Crippen LogP contribution in [-0.2, 0) is 33.9 Å². The monoisotopic (exact) mass is 380 g/mol. The second kappa shape index (κ2) is 6.81. The number of esters is 2. The molecule has 2 saturated carbocycles. The summed E-state index contributed by atoms with van der Waals surface area (Å²) in [5.41, 5.74) is 0. The summed E-state index contributed by atoms with van der Waals surface area (Å²) in [5, 5.41) is 0. The molecule has 3 fully saturated rings. The number of hydrogen-bond donors (Lipinski definition) is 1. The maximum Gasteiger partial charge on any atom is 0.337 e. The predicted molar refractivity (Wildman–Crippen MR) is 83.8 cm³/mol. The van der Waals surface area contributed by atoms with Gasteiger partial charge in [0.1, 0.15) is 6.10 Å². The van der Waals surface area contributed by atoms with E-state index < -0.39 is 20.7 Å². The Kier molecular flexibility index (Phi) is 5.10. The van der Waals surface area contributed by atoms with Crippen molar-refractivity contribution >= 4 is 33.8 Å². The van der Waals surface area contributed by atoms with Crippen LogP contribution in [0, 0.1) is 17.8 Å². The molecule has 10 heteroatoms. The summed E-state index contributed by atoms with van der Waals surface area (Å²) in [6.07, 6.45) is 1.35. The molecule has 0 spiro atoms. The van der Waals surface area contributed by atoms with E-state index in [2.05, 4.69) is 4.74 Å². The van der Waals surface area contributed by atoms with Crippen molar-refractivity contribution in [1.29, 1.82) is 0 Å². The Morgan fingerprint density at radius 3 is 2.88 bits per heavy atom. The fourth-order valence-electron chi connectivity index (χ4n) is 3.96. The van der Waals surface area contributed by atoms with Crippen LogP contribution in [0.5, 0.6) is 0 Å². The van der Waals surface area contributed by atoms with Crippen LogP contribution >= 0.6 is 11.8 Å². The highest BCUT2D eigenvalue weighted by molar-refractivity contribution is 8.12. The average Bonchev–Trinajstić information content (AvgIpc) is 3.09. The molecule has 2 bridgehead atoms. The zero-order valence-electron chi connectivity index (χ0n) is 13.1. The standard InChI is InChI=1S/C14H20O8S2/c1-2-20-13(16)14(24(17,18)19)23-4-3-21-10-7-5-8-9(6-7)12(15)22-11(8)10/h7-11,14H,2-6H2,1H3,(H,17,18,19). The van der Waals surface area contributed by atoms with Gasteiger partial charge in [0.15, 0.2) is 0 Å². The van der Waals surface area contributed by atoms with E-state index in [0.717, 1.165) is 24.6 Å². The van der Waals surface area contributed by atoms with Crippen LogP contribution in [-0.4, -0.2) is 60.7 Å². The van der Waals surface area contributed by atoms with E-state index in [1.807, 2.05) is 0 Å². The fourth-order valence-corrected chi connectivity index (χ4v) is 5.86. The molecule has 0 aromatic rings. The van der Waals surface area contributed by atoms with Gasteiger partial charge in [-0.15, -0.1) is 11.8 Å². The van der Waals surface area contributed by atoms with Gasteiger partial charge in [-0.3, -0.25) is 9.35 Å². The van der Waals surface area contributed by atoms with E-state index in [9.17, 15) is 18.0 Å². The molecule has 1 N–H and O–H groups in total. The van der Waals surface area contributed by atoms with Crippen LogP contribution in [0.15, 0.2) is 0 Å². The van der Waals surface area contributed by atoms with Crippen molar-refractivity contribution in [2.45, 2.75) is 36.6 Å². The molecule has 6 atom stereocenters. The summed E-state index contributed by atoms with van der Waals surface area (Å²) < 4.78 is 45.8. The smallest absolute Gasteiger partial charge is 0.337 e. The molecule has 0 aromatic heterocycles. The summed E-state index contributed by atoms with van der Waals surface area (Å²) in [4.78, 5) is 23.3. The molecular formula is C14H20O8S2. The SMILES string of the molecule is CCOC(=O)C(SCCOC1C2CC3C(=O)OC1C3C2)S(=O)(=O)O. The van der Waals surface area contributed by atoms with Gasteiger partial charge in [0.05, 0.1) is 25.2 Å². The highest BCUT2D eigenvalue weighted by atomic mass is 32.3. The quantitative estimate of drug-likeness (QED) is 0.364. The molecule has 24 heavy (non-hydrogen) atoms. The van der Waals surface area contributed by atoms with E-state index in [-0.39, 0.29) is 49.0 Å². The number of thioether (sulfide) groups is 1. The molecule has 1 saturated heterocycles. The summed E-state index contributed by atoms with van der Waals surface area (Å²) in [6.45, 7) is 1.78. The van der Waals surface area contributed by atoms with Crippen LogP contribution in [0.4, 0.5) is 0 Å². The third kappa shape index (κ3) is 3.29. The Morgan fingerprint density at radius 1 is 1.46 bits per heavy atom. The minimum atomic E-state index is -4.55. The Labute approximate surface area is 144 Å². The van der Waals surface area contributed by atoms with E-state index in [4.69, 9.17) is 14.0 Å². The molecule has 3 rings (SSSR count). The Hall–Kier alpha value is -0.840. The number of carbonyl (C=O) groups is 2. The zero-order chi connectivity index (χ0) is 17.5. The predicted octanol–water partition coefficient (Wildman–Crippen LogP) is 0.463. The van der Waals surface area contributed by atoms with Gasteiger partial charge in [0.2, 0.25) is 4.58 Å². The van der Waals surface area contributed by atoms with Crippen molar-refractivity contribution in [3.63, 3.8) is 0 Å². The highest BCUT2D eigenvalue weighted by Crippen LogP contribution is 2.55. The van der Waals surface area contributed by atoms with Crippen LogP contribution < -0.4 is 0 Å². The third-order valence-corrected chi connectivity index (χ3v) is 7.60. The van der Waals surface area contributed by atoms with Crippen LogP contribution in [0.1, 0.15) is 19.8 Å². The molecule has 0 radical (unpaired) electrons. The maximum absolute atomic E-state index is 11.7. The zero-order valence-corrected chi connectivity index (χ0v) is 14.8. The molecular weight excluding hydrogens is 360 g/mol. The first-order chi connectivity index (χ1) is 11.3. The largest absolute Gasteiger partial charge is 0.464 e. The van der Waals surface area contributed by atoms with E-state index in [0.29, 0.717) is 5.92 Å². The maximum atomic E-state index is 11.7. The lowest BCUT2D eigenvalue weighted by atomic mass is 9.88. The summed E-state index contributed by atoms with van der Waals surface area (Å²) >= 11 is 0.754. The summed E-state index contributed by atoms with van der Waals surface area (Å²) in [6, 6.07) is 0. The van der Waals surface area contributed by atoms with Crippen molar-refractivity contribution in [2.75, 3.05) is 19.0 Å². The van der Waals surface area contributed by atoms with Crippen molar-refractivity contribution in [2.24, 2.45) is 17.8 Å².